The molecule has 0 saturated carbocycles. The van der Waals surface area contributed by atoms with E-state index in [1.54, 1.807) is 0 Å². The summed E-state index contributed by atoms with van der Waals surface area (Å²) in [6.45, 7) is 6.69. The minimum absolute atomic E-state index is 0.258. The molecule has 0 spiro atoms. The van der Waals surface area contributed by atoms with Gasteiger partial charge in [0.05, 0.1) is 11.6 Å². The highest BCUT2D eigenvalue weighted by Gasteiger charge is 2.21. The molecule has 1 aromatic rings. The van der Waals surface area contributed by atoms with Crippen LogP contribution in [0.4, 0.5) is 0 Å². The van der Waals surface area contributed by atoms with E-state index in [0.717, 1.165) is 18.4 Å². The van der Waals surface area contributed by atoms with Crippen molar-refractivity contribution in [3.63, 3.8) is 0 Å². The molecule has 1 aromatic carbocycles. The van der Waals surface area contributed by atoms with Crippen LogP contribution in [0.2, 0.25) is 0 Å². The quantitative estimate of drug-likeness (QED) is 0.708. The molecular formula is C13H17N. The summed E-state index contributed by atoms with van der Waals surface area (Å²) >= 11 is 0. The Bertz CT molecular complexity index is 325. The van der Waals surface area contributed by atoms with Crippen molar-refractivity contribution in [1.82, 2.24) is 0 Å². The van der Waals surface area contributed by atoms with Gasteiger partial charge in [0.2, 0.25) is 0 Å². The van der Waals surface area contributed by atoms with E-state index in [2.05, 4.69) is 39.0 Å². The summed E-state index contributed by atoms with van der Waals surface area (Å²) in [7, 11) is 0. The highest BCUT2D eigenvalue weighted by atomic mass is 14.3. The van der Waals surface area contributed by atoms with Gasteiger partial charge in [-0.2, -0.15) is 5.26 Å². The smallest absolute Gasteiger partial charge is 0.0991 e. The van der Waals surface area contributed by atoms with Gasteiger partial charge in [-0.15, -0.1) is 0 Å². The first-order valence-electron chi connectivity index (χ1n) is 5.17. The highest BCUT2D eigenvalue weighted by molar-refractivity contribution is 5.34. The molecule has 0 amide bonds. The summed E-state index contributed by atoms with van der Waals surface area (Å²) in [4.78, 5) is 0. The monoisotopic (exact) mass is 187 g/mol. The summed E-state index contributed by atoms with van der Waals surface area (Å²) < 4.78 is 0. The second-order valence-electron chi connectivity index (χ2n) is 3.96. The summed E-state index contributed by atoms with van der Waals surface area (Å²) in [5.74, 6) is 0. The molecule has 0 bridgehead atoms. The number of nitriles is 1. The maximum atomic E-state index is 8.70. The minimum Gasteiger partial charge on any atom is -0.192 e. The van der Waals surface area contributed by atoms with Crippen LogP contribution in [0.15, 0.2) is 24.3 Å². The molecule has 74 valence electrons. The van der Waals surface area contributed by atoms with E-state index >= 15 is 0 Å². The van der Waals surface area contributed by atoms with Crippen LogP contribution in [-0.2, 0) is 5.41 Å². The highest BCUT2D eigenvalue weighted by Crippen LogP contribution is 2.30. The largest absolute Gasteiger partial charge is 0.192 e. The zero-order chi connectivity index (χ0) is 10.6. The Morgan fingerprint density at radius 3 is 2.00 bits per heavy atom. The molecule has 0 aromatic heterocycles. The number of rotatable bonds is 3. The molecule has 1 nitrogen and oxygen atoms in total. The second-order valence-corrected chi connectivity index (χ2v) is 3.96. The minimum atomic E-state index is 0.258. The molecule has 0 aliphatic rings. The molecule has 1 heteroatoms. The Hall–Kier alpha value is -1.29. The molecule has 0 saturated heterocycles. The maximum absolute atomic E-state index is 8.70. The van der Waals surface area contributed by atoms with Crippen LogP contribution in [0.5, 0.6) is 0 Å². The predicted octanol–water partition coefficient (Wildman–Crippen LogP) is 3.64. The average Bonchev–Trinajstić information content (AvgIpc) is 2.28. The maximum Gasteiger partial charge on any atom is 0.0991 e. The first-order chi connectivity index (χ1) is 6.66. The number of hydrogen-bond donors (Lipinski definition) is 0. The zero-order valence-corrected chi connectivity index (χ0v) is 9.17. The van der Waals surface area contributed by atoms with Crippen molar-refractivity contribution in [2.45, 2.75) is 39.0 Å². The lowest BCUT2D eigenvalue weighted by Gasteiger charge is -2.27. The fraction of sp³-hybridized carbons (Fsp3) is 0.462. The van der Waals surface area contributed by atoms with Crippen molar-refractivity contribution < 1.29 is 0 Å². The molecule has 0 heterocycles. The van der Waals surface area contributed by atoms with E-state index in [-0.39, 0.29) is 5.41 Å². The normalized spacial score (nSPS) is 11.0. The molecule has 0 aliphatic heterocycles. The SMILES string of the molecule is CCC(C)(CC)c1ccc(C#N)cc1. The molecule has 1 rings (SSSR count). The van der Waals surface area contributed by atoms with Gasteiger partial charge in [0.15, 0.2) is 0 Å². The lowest BCUT2D eigenvalue weighted by atomic mass is 9.78. The summed E-state index contributed by atoms with van der Waals surface area (Å²) in [5, 5.41) is 8.70. The van der Waals surface area contributed by atoms with Crippen molar-refractivity contribution in [3.8, 4) is 6.07 Å². The molecular weight excluding hydrogens is 170 g/mol. The van der Waals surface area contributed by atoms with Gasteiger partial charge < -0.3 is 0 Å². The third-order valence-electron chi connectivity index (χ3n) is 3.27. The number of nitrogens with zero attached hydrogens (tertiary/aromatic N) is 1. The topological polar surface area (TPSA) is 23.8 Å². The molecule has 14 heavy (non-hydrogen) atoms. The Morgan fingerprint density at radius 1 is 1.14 bits per heavy atom. The van der Waals surface area contributed by atoms with Gasteiger partial charge >= 0.3 is 0 Å². The van der Waals surface area contributed by atoms with Crippen LogP contribution in [0.3, 0.4) is 0 Å². The fourth-order valence-corrected chi connectivity index (χ4v) is 1.61. The number of hydrogen-bond acceptors (Lipinski definition) is 1. The van der Waals surface area contributed by atoms with Crippen LogP contribution in [0.25, 0.3) is 0 Å². The van der Waals surface area contributed by atoms with E-state index in [1.165, 1.54) is 5.56 Å². The molecule has 0 N–H and O–H groups in total. The van der Waals surface area contributed by atoms with Crippen molar-refractivity contribution in [2.75, 3.05) is 0 Å². The molecule has 0 radical (unpaired) electrons. The predicted molar refractivity (Wildman–Crippen MR) is 59.1 cm³/mol. The van der Waals surface area contributed by atoms with Crippen molar-refractivity contribution >= 4 is 0 Å². The molecule has 0 aliphatic carbocycles. The van der Waals surface area contributed by atoms with E-state index < -0.39 is 0 Å². The fourth-order valence-electron chi connectivity index (χ4n) is 1.61. The Morgan fingerprint density at radius 2 is 1.64 bits per heavy atom. The van der Waals surface area contributed by atoms with E-state index in [4.69, 9.17) is 5.26 Å². The van der Waals surface area contributed by atoms with Crippen molar-refractivity contribution in [1.29, 1.82) is 5.26 Å². The van der Waals surface area contributed by atoms with E-state index in [9.17, 15) is 0 Å². The van der Waals surface area contributed by atoms with Gasteiger partial charge in [-0.1, -0.05) is 32.9 Å². The van der Waals surface area contributed by atoms with Gasteiger partial charge in [-0.05, 0) is 36.0 Å². The lowest BCUT2D eigenvalue weighted by Crippen LogP contribution is -2.19. The van der Waals surface area contributed by atoms with Crippen LogP contribution in [-0.4, -0.2) is 0 Å². The third kappa shape index (κ3) is 1.96. The van der Waals surface area contributed by atoms with Crippen LogP contribution in [0, 0.1) is 11.3 Å². The Kier molecular flexibility index (Phi) is 3.30. The second kappa shape index (κ2) is 4.28. The van der Waals surface area contributed by atoms with Crippen LogP contribution in [0.1, 0.15) is 44.7 Å². The first-order valence-corrected chi connectivity index (χ1v) is 5.17. The molecule has 0 unspecified atom stereocenters. The summed E-state index contributed by atoms with van der Waals surface area (Å²) in [6, 6.07) is 10.1. The number of benzene rings is 1. The van der Waals surface area contributed by atoms with E-state index in [1.807, 2.05) is 12.1 Å². The van der Waals surface area contributed by atoms with Crippen molar-refractivity contribution in [3.05, 3.63) is 35.4 Å². The van der Waals surface area contributed by atoms with Crippen LogP contribution < -0.4 is 0 Å². The summed E-state index contributed by atoms with van der Waals surface area (Å²) in [5.41, 5.74) is 2.33. The van der Waals surface area contributed by atoms with Gasteiger partial charge in [0.25, 0.3) is 0 Å². The Labute approximate surface area is 86.4 Å². The Balaban J connectivity index is 3.02. The van der Waals surface area contributed by atoms with Crippen molar-refractivity contribution in [2.24, 2.45) is 0 Å². The van der Waals surface area contributed by atoms with Gasteiger partial charge in [0, 0.05) is 0 Å². The standard InChI is InChI=1S/C13H17N/c1-4-13(3,5-2)12-8-6-11(10-14)7-9-12/h6-9H,4-5H2,1-3H3. The molecule has 0 atom stereocenters. The van der Waals surface area contributed by atoms with Gasteiger partial charge in [-0.3, -0.25) is 0 Å². The van der Waals surface area contributed by atoms with Gasteiger partial charge in [-0.25, -0.2) is 0 Å². The van der Waals surface area contributed by atoms with E-state index in [0.29, 0.717) is 0 Å². The third-order valence-corrected chi connectivity index (χ3v) is 3.27. The van der Waals surface area contributed by atoms with Crippen LogP contribution >= 0.6 is 0 Å². The van der Waals surface area contributed by atoms with Gasteiger partial charge in [0.1, 0.15) is 0 Å². The first kappa shape index (κ1) is 10.8. The summed E-state index contributed by atoms with van der Waals surface area (Å²) in [6.07, 6.45) is 2.27. The zero-order valence-electron chi connectivity index (χ0n) is 9.17. The molecule has 0 fully saturated rings. The lowest BCUT2D eigenvalue weighted by molar-refractivity contribution is 0.439. The average molecular weight is 187 g/mol.